The van der Waals surface area contributed by atoms with Gasteiger partial charge in [-0.05, 0) is 25.5 Å². The summed E-state index contributed by atoms with van der Waals surface area (Å²) in [5, 5.41) is 3.74. The molecule has 5 nitrogen and oxygen atoms in total. The Bertz CT molecular complexity index is 675. The van der Waals surface area contributed by atoms with Gasteiger partial charge in [0, 0.05) is 24.6 Å². The molecule has 0 saturated carbocycles. The SMILES string of the molecule is Cc1cc(C(=O)N2CCCC(=O)c3ccccc32)on1. The number of amides is 1. The number of hydrogen-bond donors (Lipinski definition) is 0. The fourth-order valence-electron chi connectivity index (χ4n) is 2.41. The third-order valence-corrected chi connectivity index (χ3v) is 3.36. The Labute approximate surface area is 116 Å². The van der Waals surface area contributed by atoms with E-state index in [1.807, 2.05) is 12.1 Å². The van der Waals surface area contributed by atoms with Crippen molar-refractivity contribution in [1.29, 1.82) is 0 Å². The first-order valence-electron chi connectivity index (χ1n) is 6.54. The number of para-hydroxylation sites is 1. The highest BCUT2D eigenvalue weighted by atomic mass is 16.5. The Balaban J connectivity index is 2.03. The summed E-state index contributed by atoms with van der Waals surface area (Å²) in [6.45, 7) is 2.27. The number of carbonyl (C=O) groups excluding carboxylic acids is 2. The second-order valence-corrected chi connectivity index (χ2v) is 4.83. The molecule has 0 atom stereocenters. The number of nitrogens with zero attached hydrogens (tertiary/aromatic N) is 2. The number of carbonyl (C=O) groups is 2. The molecular weight excluding hydrogens is 256 g/mol. The van der Waals surface area contributed by atoms with Crippen LogP contribution >= 0.6 is 0 Å². The van der Waals surface area contributed by atoms with Gasteiger partial charge < -0.3 is 9.42 Å². The number of ketones is 1. The maximum Gasteiger partial charge on any atom is 0.296 e. The molecule has 102 valence electrons. The highest BCUT2D eigenvalue weighted by Crippen LogP contribution is 2.27. The monoisotopic (exact) mass is 270 g/mol. The molecule has 0 fully saturated rings. The van der Waals surface area contributed by atoms with Gasteiger partial charge in [0.2, 0.25) is 5.76 Å². The van der Waals surface area contributed by atoms with Gasteiger partial charge in [0.05, 0.1) is 11.4 Å². The van der Waals surface area contributed by atoms with Crippen LogP contribution in [0.2, 0.25) is 0 Å². The highest BCUT2D eigenvalue weighted by Gasteiger charge is 2.27. The molecule has 1 aromatic heterocycles. The second-order valence-electron chi connectivity index (χ2n) is 4.83. The summed E-state index contributed by atoms with van der Waals surface area (Å²) >= 11 is 0. The number of benzene rings is 1. The summed E-state index contributed by atoms with van der Waals surface area (Å²) < 4.78 is 5.04. The molecule has 0 spiro atoms. The minimum Gasteiger partial charge on any atom is -0.351 e. The third kappa shape index (κ3) is 2.11. The van der Waals surface area contributed by atoms with Gasteiger partial charge in [-0.1, -0.05) is 17.3 Å². The molecule has 0 unspecified atom stereocenters. The van der Waals surface area contributed by atoms with Crippen molar-refractivity contribution in [2.75, 3.05) is 11.4 Å². The van der Waals surface area contributed by atoms with E-state index in [9.17, 15) is 9.59 Å². The lowest BCUT2D eigenvalue weighted by Crippen LogP contribution is -2.31. The van der Waals surface area contributed by atoms with E-state index in [1.54, 1.807) is 30.0 Å². The van der Waals surface area contributed by atoms with Gasteiger partial charge in [0.1, 0.15) is 0 Å². The predicted octanol–water partition coefficient (Wildman–Crippen LogP) is 2.61. The Hall–Kier alpha value is -2.43. The molecule has 5 heteroatoms. The molecule has 0 N–H and O–H groups in total. The Morgan fingerprint density at radius 3 is 2.90 bits per heavy atom. The lowest BCUT2D eigenvalue weighted by atomic mass is 10.1. The minimum atomic E-state index is -0.257. The van der Waals surface area contributed by atoms with E-state index in [-0.39, 0.29) is 17.5 Å². The molecule has 2 heterocycles. The zero-order chi connectivity index (χ0) is 14.1. The van der Waals surface area contributed by atoms with Crippen molar-refractivity contribution in [1.82, 2.24) is 5.16 Å². The molecule has 1 aliphatic heterocycles. The van der Waals surface area contributed by atoms with Crippen molar-refractivity contribution in [2.24, 2.45) is 0 Å². The van der Waals surface area contributed by atoms with Crippen LogP contribution in [0.1, 0.15) is 39.4 Å². The summed E-state index contributed by atoms with van der Waals surface area (Å²) in [4.78, 5) is 26.2. The van der Waals surface area contributed by atoms with Crippen molar-refractivity contribution in [3.05, 3.63) is 47.3 Å². The third-order valence-electron chi connectivity index (χ3n) is 3.36. The minimum absolute atomic E-state index is 0.0738. The van der Waals surface area contributed by atoms with Crippen molar-refractivity contribution in [2.45, 2.75) is 19.8 Å². The topological polar surface area (TPSA) is 63.4 Å². The zero-order valence-electron chi connectivity index (χ0n) is 11.1. The number of fused-ring (bicyclic) bond motifs is 1. The summed E-state index contributed by atoms with van der Waals surface area (Å²) in [5.74, 6) is 0.0176. The van der Waals surface area contributed by atoms with E-state index in [4.69, 9.17) is 4.52 Å². The summed E-state index contributed by atoms with van der Waals surface area (Å²) in [7, 11) is 0. The molecule has 0 saturated heterocycles. The van der Waals surface area contributed by atoms with E-state index in [0.29, 0.717) is 36.3 Å². The second kappa shape index (κ2) is 4.92. The van der Waals surface area contributed by atoms with Gasteiger partial charge in [-0.25, -0.2) is 0 Å². The lowest BCUT2D eigenvalue weighted by Gasteiger charge is -2.20. The van der Waals surface area contributed by atoms with E-state index in [2.05, 4.69) is 5.16 Å². The van der Waals surface area contributed by atoms with Gasteiger partial charge >= 0.3 is 0 Å². The fourth-order valence-corrected chi connectivity index (χ4v) is 2.41. The van der Waals surface area contributed by atoms with Crippen LogP contribution in [0, 0.1) is 6.92 Å². The average molecular weight is 270 g/mol. The van der Waals surface area contributed by atoms with Gasteiger partial charge in [0.25, 0.3) is 5.91 Å². The van der Waals surface area contributed by atoms with Crippen LogP contribution in [0.5, 0.6) is 0 Å². The van der Waals surface area contributed by atoms with E-state index in [1.165, 1.54) is 0 Å². The van der Waals surface area contributed by atoms with Gasteiger partial charge in [-0.15, -0.1) is 0 Å². The Morgan fingerprint density at radius 1 is 1.35 bits per heavy atom. The maximum atomic E-state index is 12.5. The van der Waals surface area contributed by atoms with Crippen LogP contribution in [0.3, 0.4) is 0 Å². The summed E-state index contributed by atoms with van der Waals surface area (Å²) in [6.07, 6.45) is 1.10. The molecule has 2 aromatic rings. The number of hydrogen-bond acceptors (Lipinski definition) is 4. The quantitative estimate of drug-likeness (QED) is 0.799. The number of aryl methyl sites for hydroxylation is 1. The average Bonchev–Trinajstić information content (AvgIpc) is 2.82. The maximum absolute atomic E-state index is 12.5. The lowest BCUT2D eigenvalue weighted by molar-refractivity contribution is 0.0948. The first kappa shape index (κ1) is 12.6. The standard InChI is InChI=1S/C15H14N2O3/c1-10-9-14(20-16-10)15(19)17-8-4-7-13(18)11-5-2-3-6-12(11)17/h2-3,5-6,9H,4,7-8H2,1H3. The normalized spacial score (nSPS) is 14.8. The summed E-state index contributed by atoms with van der Waals surface area (Å²) in [6, 6.07) is 8.79. The van der Waals surface area contributed by atoms with Crippen LogP contribution < -0.4 is 4.90 Å². The first-order chi connectivity index (χ1) is 9.66. The highest BCUT2D eigenvalue weighted by molar-refractivity contribution is 6.10. The van der Waals surface area contributed by atoms with E-state index in [0.717, 1.165) is 0 Å². The smallest absolute Gasteiger partial charge is 0.296 e. The molecule has 1 aromatic carbocycles. The Morgan fingerprint density at radius 2 is 2.15 bits per heavy atom. The number of rotatable bonds is 1. The van der Waals surface area contributed by atoms with Crippen molar-refractivity contribution in [3.63, 3.8) is 0 Å². The first-order valence-corrected chi connectivity index (χ1v) is 6.54. The molecule has 3 rings (SSSR count). The largest absolute Gasteiger partial charge is 0.351 e. The van der Waals surface area contributed by atoms with Crippen LogP contribution in [-0.4, -0.2) is 23.4 Å². The van der Waals surface area contributed by atoms with E-state index >= 15 is 0 Å². The Kier molecular flexibility index (Phi) is 3.10. The van der Waals surface area contributed by atoms with Crippen molar-refractivity contribution < 1.29 is 14.1 Å². The molecule has 1 aliphatic rings. The molecule has 20 heavy (non-hydrogen) atoms. The predicted molar refractivity (Wildman–Crippen MR) is 72.9 cm³/mol. The van der Waals surface area contributed by atoms with Gasteiger partial charge in [-0.3, -0.25) is 9.59 Å². The fraction of sp³-hybridized carbons (Fsp3) is 0.267. The molecule has 1 amide bonds. The van der Waals surface area contributed by atoms with Crippen molar-refractivity contribution >= 4 is 17.4 Å². The number of anilines is 1. The zero-order valence-corrected chi connectivity index (χ0v) is 11.1. The van der Waals surface area contributed by atoms with Crippen molar-refractivity contribution in [3.8, 4) is 0 Å². The van der Waals surface area contributed by atoms with Crippen LogP contribution in [0.15, 0.2) is 34.9 Å². The van der Waals surface area contributed by atoms with E-state index < -0.39 is 0 Å². The molecule has 0 aliphatic carbocycles. The number of aromatic nitrogens is 1. The van der Waals surface area contributed by atoms with Crippen LogP contribution in [0.4, 0.5) is 5.69 Å². The molecule has 0 bridgehead atoms. The van der Waals surface area contributed by atoms with Crippen LogP contribution in [0.25, 0.3) is 0 Å². The summed E-state index contributed by atoms with van der Waals surface area (Å²) in [5.41, 5.74) is 1.90. The molecular formula is C15H14N2O3. The van der Waals surface area contributed by atoms with Gasteiger partial charge in [0.15, 0.2) is 5.78 Å². The van der Waals surface area contributed by atoms with Crippen LogP contribution in [-0.2, 0) is 0 Å². The van der Waals surface area contributed by atoms with Gasteiger partial charge in [-0.2, -0.15) is 0 Å². The molecule has 0 radical (unpaired) electrons. The number of Topliss-reactive ketones (excluding diaryl/α,β-unsaturated/α-hetero) is 1.